The van der Waals surface area contributed by atoms with Gasteiger partial charge in [-0.2, -0.15) is 0 Å². The van der Waals surface area contributed by atoms with Crippen molar-refractivity contribution in [1.29, 1.82) is 0 Å². The van der Waals surface area contributed by atoms with Crippen LogP contribution in [0.25, 0.3) is 0 Å². The van der Waals surface area contributed by atoms with Crippen LogP contribution in [0.1, 0.15) is 120 Å². The largest absolute Gasteiger partial charge is 0.481 e. The highest BCUT2D eigenvalue weighted by Crippen LogP contribution is 2.76. The topological polar surface area (TPSA) is 37.3 Å². The fourth-order valence-corrected chi connectivity index (χ4v) is 10.8. The lowest BCUT2D eigenvalue weighted by Gasteiger charge is -2.70. The van der Waals surface area contributed by atoms with Crippen LogP contribution in [0.5, 0.6) is 0 Å². The van der Waals surface area contributed by atoms with E-state index in [9.17, 15) is 9.90 Å². The Bertz CT molecular complexity index is 881. The van der Waals surface area contributed by atoms with Gasteiger partial charge < -0.3 is 5.11 Å². The zero-order chi connectivity index (χ0) is 24.2. The summed E-state index contributed by atoms with van der Waals surface area (Å²) in [6.45, 7) is 19.8. The molecule has 0 radical (unpaired) electrons. The van der Waals surface area contributed by atoms with Crippen molar-refractivity contribution in [3.63, 3.8) is 0 Å². The predicted molar refractivity (Wildman–Crippen MR) is 136 cm³/mol. The quantitative estimate of drug-likeness (QED) is 0.403. The molecule has 5 aliphatic rings. The molecule has 8 unspecified atom stereocenters. The summed E-state index contributed by atoms with van der Waals surface area (Å²) in [4.78, 5) is 13.5. The third-order valence-corrected chi connectivity index (χ3v) is 13.4. The Morgan fingerprint density at radius 2 is 1.55 bits per heavy atom. The van der Waals surface area contributed by atoms with Crippen LogP contribution in [0.15, 0.2) is 11.6 Å². The highest BCUT2D eigenvalue weighted by molar-refractivity contribution is 5.81. The number of hydrogen-bond donors (Lipinski definition) is 1. The van der Waals surface area contributed by atoms with Gasteiger partial charge in [-0.15, -0.1) is 0 Å². The van der Waals surface area contributed by atoms with Gasteiger partial charge in [0.25, 0.3) is 0 Å². The Hall–Kier alpha value is -0.790. The summed E-state index contributed by atoms with van der Waals surface area (Å²) in [6.07, 6.45) is 14.1. The van der Waals surface area contributed by atoms with Crippen molar-refractivity contribution >= 4 is 5.97 Å². The van der Waals surface area contributed by atoms with Crippen LogP contribution in [0.2, 0.25) is 0 Å². The van der Waals surface area contributed by atoms with Gasteiger partial charge in [0, 0.05) is 0 Å². The van der Waals surface area contributed by atoms with Crippen LogP contribution in [0.4, 0.5) is 0 Å². The number of allylic oxidation sites excluding steroid dienone is 1. The number of aliphatic carboxylic acids is 1. The Kier molecular flexibility index (Phi) is 5.01. The lowest BCUT2D eigenvalue weighted by atomic mass is 9.33. The highest BCUT2D eigenvalue weighted by Gasteiger charge is 2.71. The molecule has 0 aliphatic heterocycles. The van der Waals surface area contributed by atoms with Gasteiger partial charge in [-0.3, -0.25) is 4.79 Å². The van der Waals surface area contributed by atoms with Crippen LogP contribution >= 0.6 is 0 Å². The molecule has 0 aromatic rings. The fourth-order valence-electron chi connectivity index (χ4n) is 10.8. The minimum absolute atomic E-state index is 0.131. The zero-order valence-electron chi connectivity index (χ0n) is 22.8. The molecule has 2 heteroatoms. The molecule has 0 saturated heterocycles. The number of carboxylic acid groups (broad SMARTS) is 1. The van der Waals surface area contributed by atoms with Gasteiger partial charge >= 0.3 is 5.97 Å². The summed E-state index contributed by atoms with van der Waals surface area (Å²) in [7, 11) is 0. The summed E-state index contributed by atoms with van der Waals surface area (Å²) in [5.74, 6) is 1.88. The molecular formula is C31H50O2. The van der Waals surface area contributed by atoms with Crippen LogP contribution in [-0.4, -0.2) is 11.1 Å². The Labute approximate surface area is 203 Å². The highest BCUT2D eigenvalue weighted by atomic mass is 16.4. The predicted octanol–water partition coefficient (Wildman–Crippen LogP) is 8.51. The van der Waals surface area contributed by atoms with Gasteiger partial charge in [0.05, 0.1) is 5.41 Å². The fraction of sp³-hybridized carbons (Fsp3) is 0.903. The second-order valence-corrected chi connectivity index (χ2v) is 15.5. The summed E-state index contributed by atoms with van der Waals surface area (Å²) < 4.78 is 0. The third-order valence-electron chi connectivity index (χ3n) is 13.4. The third kappa shape index (κ3) is 2.88. The normalized spacial score (nSPS) is 52.4. The molecule has 2 nitrogen and oxygen atoms in total. The molecule has 0 bridgehead atoms. The van der Waals surface area contributed by atoms with Gasteiger partial charge in [0.2, 0.25) is 0 Å². The molecule has 8 atom stereocenters. The molecule has 33 heavy (non-hydrogen) atoms. The summed E-state index contributed by atoms with van der Waals surface area (Å²) >= 11 is 0. The molecule has 0 amide bonds. The van der Waals surface area contributed by atoms with E-state index in [0.717, 1.165) is 38.0 Å². The van der Waals surface area contributed by atoms with E-state index >= 15 is 0 Å². The van der Waals surface area contributed by atoms with E-state index in [1.54, 1.807) is 0 Å². The number of rotatable bonds is 1. The van der Waals surface area contributed by atoms with Crippen molar-refractivity contribution in [1.82, 2.24) is 0 Å². The van der Waals surface area contributed by atoms with Crippen LogP contribution in [0.3, 0.4) is 0 Å². The van der Waals surface area contributed by atoms with E-state index in [0.29, 0.717) is 28.6 Å². The minimum atomic E-state index is -0.658. The standard InChI is InChI=1S/C31H50O2/c1-20-11-13-29(7)23(27(20,4)5)12-14-30(8)24(29)10-9-21-22-19-26(2,3)15-16-28(22,6)17-18-31(21,30)25(32)33/h9,20,22-24H,10-19H2,1-8H3,(H,32,33). The average molecular weight is 455 g/mol. The minimum Gasteiger partial charge on any atom is -0.481 e. The molecule has 0 aromatic heterocycles. The maximum atomic E-state index is 13.5. The maximum absolute atomic E-state index is 13.5. The van der Waals surface area contributed by atoms with Crippen molar-refractivity contribution in [2.75, 3.05) is 0 Å². The Morgan fingerprint density at radius 1 is 0.879 bits per heavy atom. The van der Waals surface area contributed by atoms with Crippen molar-refractivity contribution in [3.05, 3.63) is 11.6 Å². The monoisotopic (exact) mass is 454 g/mol. The van der Waals surface area contributed by atoms with Crippen molar-refractivity contribution in [2.24, 2.45) is 56.2 Å². The van der Waals surface area contributed by atoms with Gasteiger partial charge in [-0.1, -0.05) is 67.0 Å². The molecule has 0 spiro atoms. The smallest absolute Gasteiger partial charge is 0.314 e. The number of carbonyl (C=O) groups is 1. The first-order valence-corrected chi connectivity index (χ1v) is 14.1. The van der Waals surface area contributed by atoms with Crippen LogP contribution < -0.4 is 0 Å². The van der Waals surface area contributed by atoms with Crippen molar-refractivity contribution < 1.29 is 9.90 Å². The second-order valence-electron chi connectivity index (χ2n) is 15.5. The molecule has 4 saturated carbocycles. The first kappa shape index (κ1) is 23.9. The number of carboxylic acids is 1. The molecule has 0 aromatic carbocycles. The molecule has 5 rings (SSSR count). The van der Waals surface area contributed by atoms with Crippen molar-refractivity contribution in [3.8, 4) is 0 Å². The van der Waals surface area contributed by atoms with E-state index in [-0.39, 0.29) is 16.2 Å². The van der Waals surface area contributed by atoms with E-state index in [2.05, 4.69) is 61.5 Å². The molecule has 0 heterocycles. The Morgan fingerprint density at radius 3 is 2.21 bits per heavy atom. The van der Waals surface area contributed by atoms with Gasteiger partial charge in [0.15, 0.2) is 0 Å². The van der Waals surface area contributed by atoms with E-state index in [4.69, 9.17) is 0 Å². The van der Waals surface area contributed by atoms with Crippen molar-refractivity contribution in [2.45, 2.75) is 120 Å². The van der Waals surface area contributed by atoms with Gasteiger partial charge in [-0.05, 0) is 115 Å². The van der Waals surface area contributed by atoms with Crippen LogP contribution in [0, 0.1) is 56.2 Å². The molecule has 186 valence electrons. The number of fused-ring (bicyclic) bond motifs is 7. The lowest BCUT2D eigenvalue weighted by molar-refractivity contribution is -0.205. The van der Waals surface area contributed by atoms with Gasteiger partial charge in [-0.25, -0.2) is 0 Å². The zero-order valence-corrected chi connectivity index (χ0v) is 22.8. The van der Waals surface area contributed by atoms with Crippen LogP contribution in [-0.2, 0) is 4.79 Å². The summed E-state index contributed by atoms with van der Waals surface area (Å²) in [6, 6.07) is 0. The number of hydrogen-bond acceptors (Lipinski definition) is 1. The summed E-state index contributed by atoms with van der Waals surface area (Å²) in [5.41, 5.74) is 1.76. The second kappa shape index (κ2) is 6.91. The van der Waals surface area contributed by atoms with E-state index in [1.165, 1.54) is 37.7 Å². The first-order valence-electron chi connectivity index (χ1n) is 14.1. The van der Waals surface area contributed by atoms with Gasteiger partial charge in [0.1, 0.15) is 0 Å². The lowest BCUT2D eigenvalue weighted by Crippen LogP contribution is -2.66. The maximum Gasteiger partial charge on any atom is 0.314 e. The molecule has 4 fully saturated rings. The SMILES string of the molecule is CC1CCC2(C)C(CCC3(C)C2CC=C2C4CC(C)(C)CCC4(C)CCC23C(=O)O)C1(C)C. The first-order chi connectivity index (χ1) is 15.1. The molecule has 5 aliphatic carbocycles. The van der Waals surface area contributed by atoms with E-state index in [1.807, 2.05) is 0 Å². The van der Waals surface area contributed by atoms with E-state index < -0.39 is 11.4 Å². The molecule has 1 N–H and O–H groups in total. The average Bonchev–Trinajstić information content (AvgIpc) is 2.71. The molecular weight excluding hydrogens is 404 g/mol. The Balaban J connectivity index is 1.64. The summed E-state index contributed by atoms with van der Waals surface area (Å²) in [5, 5.41) is 11.1.